The summed E-state index contributed by atoms with van der Waals surface area (Å²) in [5.41, 5.74) is -1.73. The van der Waals surface area contributed by atoms with E-state index in [1.54, 1.807) is 0 Å². The Hall–Kier alpha value is -1.03. The van der Waals surface area contributed by atoms with Gasteiger partial charge in [-0.3, -0.25) is 18.9 Å². The van der Waals surface area contributed by atoms with Crippen molar-refractivity contribution in [3.05, 3.63) is 33.1 Å². The van der Waals surface area contributed by atoms with Crippen LogP contribution in [0, 0.1) is 0 Å². The average Bonchev–Trinajstić information content (AvgIpc) is 2.78. The molecule has 0 aromatic carbocycles. The van der Waals surface area contributed by atoms with Gasteiger partial charge in [-0.1, -0.05) is 0 Å². The first-order valence-electron chi connectivity index (χ1n) is 7.30. The Balaban J connectivity index is 2.06. The maximum absolute atomic E-state index is 11.7. The molecule has 6 atom stereocenters. The summed E-state index contributed by atoms with van der Waals surface area (Å²) in [6, 6.07) is 0.927. The second-order valence-electron chi connectivity index (χ2n) is 5.57. The van der Waals surface area contributed by atoms with Crippen LogP contribution in [-0.4, -0.2) is 64.3 Å². The van der Waals surface area contributed by atoms with Crippen LogP contribution in [-0.2, 0) is 27.3 Å². The Bertz CT molecular complexity index is 1000. The van der Waals surface area contributed by atoms with Gasteiger partial charge < -0.3 is 34.5 Å². The van der Waals surface area contributed by atoms with Gasteiger partial charge in [-0.05, 0) is 0 Å². The molecule has 2 heterocycles. The molecule has 1 aromatic rings. The predicted molar refractivity (Wildman–Crippen MR) is 89.1 cm³/mol. The normalized spacial score (nSPS) is 29.3. The van der Waals surface area contributed by atoms with Gasteiger partial charge >= 0.3 is 29.0 Å². The zero-order chi connectivity index (χ0) is 22.2. The summed E-state index contributed by atoms with van der Waals surface area (Å²) in [5, 5.41) is 19.9. The van der Waals surface area contributed by atoms with Crippen molar-refractivity contribution < 1.29 is 57.1 Å². The number of H-pyrrole nitrogens is 1. The van der Waals surface area contributed by atoms with Gasteiger partial charge in [0.15, 0.2) is 6.23 Å². The molecule has 2 rings (SSSR count). The third-order valence-corrected chi connectivity index (χ3v) is 7.57. The quantitative estimate of drug-likeness (QED) is 0.172. The average molecular weight is 483 g/mol. The Morgan fingerprint density at radius 1 is 1.14 bits per heavy atom. The maximum Gasteiger partial charge on any atom is 0.480 e. The molecule has 8 N–H and O–H groups in total. The van der Waals surface area contributed by atoms with E-state index in [9.17, 15) is 38.4 Å². The number of nitrogens with one attached hydrogen (secondary N) is 2. The van der Waals surface area contributed by atoms with Crippen LogP contribution in [0.4, 0.5) is 0 Å². The number of aromatic nitrogens is 2. The van der Waals surface area contributed by atoms with Gasteiger partial charge in [-0.2, -0.15) is 4.31 Å². The molecule has 0 amide bonds. The van der Waals surface area contributed by atoms with Gasteiger partial charge in [-0.25, -0.2) is 18.5 Å². The van der Waals surface area contributed by atoms with E-state index >= 15 is 0 Å². The molecule has 4 unspecified atom stereocenters. The van der Waals surface area contributed by atoms with Crippen molar-refractivity contribution in [2.45, 2.75) is 24.5 Å². The summed E-state index contributed by atoms with van der Waals surface area (Å²) >= 11 is 0. The first kappa shape index (κ1) is 24.2. The van der Waals surface area contributed by atoms with Gasteiger partial charge in [0, 0.05) is 12.3 Å². The molecule has 166 valence electrons. The molecular weight excluding hydrogens is 467 g/mol. The maximum atomic E-state index is 11.7. The number of aliphatic hydroxyl groups is 2. The molecule has 0 saturated carbocycles. The molecule has 1 aromatic heterocycles. The summed E-state index contributed by atoms with van der Waals surface area (Å²) in [7, 11) is -16.2. The van der Waals surface area contributed by atoms with E-state index in [1.165, 1.54) is 0 Å². The predicted octanol–water partition coefficient (Wildman–Crippen LogP) is -2.93. The second-order valence-corrected chi connectivity index (χ2v) is 10.4. The van der Waals surface area contributed by atoms with Crippen molar-refractivity contribution in [1.82, 2.24) is 14.4 Å². The number of aliphatic hydroxyl groups excluding tert-OH is 2. The number of ether oxygens (including phenoxy) is 1. The summed E-state index contributed by atoms with van der Waals surface area (Å²) in [4.78, 5) is 61.1. The molecule has 0 bridgehead atoms. The van der Waals surface area contributed by atoms with Crippen LogP contribution in [0.3, 0.4) is 0 Å². The number of hydrogen-bond acceptors (Lipinski definition) is 10. The lowest BCUT2D eigenvalue weighted by Crippen LogP contribution is -2.37. The minimum absolute atomic E-state index is 0.718. The second kappa shape index (κ2) is 8.61. The summed E-state index contributed by atoms with van der Waals surface area (Å²) in [6.07, 6.45) is -5.63. The molecule has 0 radical (unpaired) electrons. The minimum Gasteiger partial charge on any atom is -0.387 e. The van der Waals surface area contributed by atoms with Crippen LogP contribution >= 0.6 is 23.3 Å². The Kier molecular flexibility index (Phi) is 7.20. The number of nitrogens with zero attached hydrogens (tertiary/aromatic N) is 1. The highest BCUT2D eigenvalue weighted by molar-refractivity contribution is 7.70. The molecule has 1 aliphatic rings. The van der Waals surface area contributed by atoms with Crippen LogP contribution in [0.15, 0.2) is 21.9 Å². The van der Waals surface area contributed by atoms with Crippen molar-refractivity contribution in [2.24, 2.45) is 0 Å². The number of hydrogen-bond donors (Lipinski definition) is 8. The fourth-order valence-corrected chi connectivity index (χ4v) is 5.67. The number of rotatable bonds is 8. The van der Waals surface area contributed by atoms with E-state index in [2.05, 4.69) is 8.83 Å². The van der Waals surface area contributed by atoms with Gasteiger partial charge in [0.2, 0.25) is 0 Å². The van der Waals surface area contributed by atoms with Crippen LogP contribution < -0.4 is 16.1 Å². The van der Waals surface area contributed by atoms with Crippen LogP contribution in [0.1, 0.15) is 6.23 Å². The topological polar surface area (TPSA) is 267 Å². The molecular formula is C9H16N3O14P3. The van der Waals surface area contributed by atoms with E-state index in [0.29, 0.717) is 0 Å². The standard InChI is InChI=1S/C9H16N3O14P3/c13-5-1-2-12(9(16)10-5)8-7(15)6(14)4(25-8)3-24-29(22,23)26-28(20,21)11-27(17,18)19/h1-2,4,6-8,14-15H,3H2,(H,22,23)(H,10,13,16)(H4,11,17,18,19,20,21)/t4-,6?,7?,8-/m1/s1. The summed E-state index contributed by atoms with van der Waals surface area (Å²) < 4.78 is 47.7. The highest BCUT2D eigenvalue weighted by Crippen LogP contribution is 2.61. The van der Waals surface area contributed by atoms with Crippen molar-refractivity contribution in [3.63, 3.8) is 0 Å². The molecule has 1 saturated heterocycles. The first-order chi connectivity index (χ1) is 13.1. The highest BCUT2D eigenvalue weighted by atomic mass is 31.3. The van der Waals surface area contributed by atoms with E-state index in [4.69, 9.17) is 19.4 Å². The van der Waals surface area contributed by atoms with Crippen molar-refractivity contribution in [3.8, 4) is 0 Å². The van der Waals surface area contributed by atoms with E-state index < -0.39 is 65.7 Å². The van der Waals surface area contributed by atoms with Crippen molar-refractivity contribution >= 4 is 23.3 Å². The molecule has 1 aliphatic heterocycles. The van der Waals surface area contributed by atoms with Crippen molar-refractivity contribution in [1.29, 1.82) is 0 Å². The minimum atomic E-state index is -5.48. The lowest BCUT2D eigenvalue weighted by Gasteiger charge is -2.19. The van der Waals surface area contributed by atoms with Crippen LogP contribution in [0.25, 0.3) is 0 Å². The van der Waals surface area contributed by atoms with E-state index in [0.717, 1.165) is 21.7 Å². The number of phosphoric ester groups is 1. The Morgan fingerprint density at radius 2 is 1.76 bits per heavy atom. The zero-order valence-corrected chi connectivity index (χ0v) is 16.6. The SMILES string of the molecule is O=c1ccn([C@@H]2O[C@H](COP(=O)(O)OP(=O)(O)NP(=O)(O)O)C(O)C2O)c(=O)[nH]1. The first-order valence-corrected chi connectivity index (χ1v) is 12.0. The lowest BCUT2D eigenvalue weighted by molar-refractivity contribution is -0.0541. The molecule has 1 fully saturated rings. The third kappa shape index (κ3) is 6.73. The monoisotopic (exact) mass is 483 g/mol. The fourth-order valence-electron chi connectivity index (χ4n) is 2.24. The molecule has 29 heavy (non-hydrogen) atoms. The lowest BCUT2D eigenvalue weighted by atomic mass is 10.1. The van der Waals surface area contributed by atoms with E-state index in [-0.39, 0.29) is 0 Å². The van der Waals surface area contributed by atoms with Gasteiger partial charge in [0.05, 0.1) is 6.61 Å². The highest BCUT2D eigenvalue weighted by Gasteiger charge is 2.46. The Labute approximate surface area is 159 Å². The largest absolute Gasteiger partial charge is 0.480 e. The summed E-state index contributed by atoms with van der Waals surface area (Å²) in [5.74, 6) is 0. The number of aromatic amines is 1. The van der Waals surface area contributed by atoms with Crippen LogP contribution in [0.2, 0.25) is 0 Å². The Morgan fingerprint density at radius 3 is 2.31 bits per heavy atom. The molecule has 20 heteroatoms. The zero-order valence-electron chi connectivity index (χ0n) is 13.9. The molecule has 0 aliphatic carbocycles. The van der Waals surface area contributed by atoms with Gasteiger partial charge in [-0.15, -0.1) is 4.86 Å². The molecule has 0 spiro atoms. The fraction of sp³-hybridized carbons (Fsp3) is 0.556. The number of phosphoric acid groups is 1. The summed E-state index contributed by atoms with van der Waals surface area (Å²) in [6.45, 7) is -1.02. The van der Waals surface area contributed by atoms with Gasteiger partial charge in [0.25, 0.3) is 5.56 Å². The van der Waals surface area contributed by atoms with Gasteiger partial charge in [0.1, 0.15) is 18.3 Å². The van der Waals surface area contributed by atoms with E-state index in [1.807, 2.05) is 4.98 Å². The van der Waals surface area contributed by atoms with Crippen LogP contribution in [0.5, 0.6) is 0 Å². The molecule has 17 nitrogen and oxygen atoms in total. The van der Waals surface area contributed by atoms with Crippen molar-refractivity contribution in [2.75, 3.05) is 6.61 Å². The smallest absolute Gasteiger partial charge is 0.387 e. The third-order valence-electron chi connectivity index (χ3n) is 3.33.